The van der Waals surface area contributed by atoms with Crippen molar-refractivity contribution in [3.63, 3.8) is 0 Å². The predicted molar refractivity (Wildman–Crippen MR) is 113 cm³/mol. The molecule has 29 heavy (non-hydrogen) atoms. The van der Waals surface area contributed by atoms with Gasteiger partial charge in [-0.15, -0.1) is 11.3 Å². The molecule has 0 N–H and O–H groups in total. The summed E-state index contributed by atoms with van der Waals surface area (Å²) in [6.07, 6.45) is 1.59. The van der Waals surface area contributed by atoms with E-state index >= 15 is 0 Å². The van der Waals surface area contributed by atoms with Crippen LogP contribution in [0.3, 0.4) is 0 Å². The number of hydrogen-bond donors (Lipinski definition) is 0. The van der Waals surface area contributed by atoms with Gasteiger partial charge in [0.25, 0.3) is 11.8 Å². The van der Waals surface area contributed by atoms with Gasteiger partial charge in [0.15, 0.2) is 0 Å². The average molecular weight is 435 g/mol. The Morgan fingerprint density at radius 2 is 1.72 bits per heavy atom. The minimum atomic E-state index is -0.0732. The van der Waals surface area contributed by atoms with Gasteiger partial charge in [-0.25, -0.2) is 4.98 Å². The standard InChI is InChI=1S/C20H23ClN4O3S/c1-14-2-3-17(29-14)20(27)24-6-4-23(5-7-24)18-16(21)12-15(13-22-18)19(26)25-8-10-28-11-9-25/h2-3,12-13H,4-11H2,1H3. The maximum Gasteiger partial charge on any atom is 0.264 e. The zero-order valence-electron chi connectivity index (χ0n) is 16.3. The number of piperazine rings is 1. The molecule has 2 aliphatic rings. The normalized spacial score (nSPS) is 17.5. The summed E-state index contributed by atoms with van der Waals surface area (Å²) >= 11 is 7.99. The maximum atomic E-state index is 12.6. The smallest absolute Gasteiger partial charge is 0.264 e. The molecule has 2 aliphatic heterocycles. The highest BCUT2D eigenvalue weighted by Gasteiger charge is 2.26. The lowest BCUT2D eigenvalue weighted by atomic mass is 10.2. The topological polar surface area (TPSA) is 66.0 Å². The van der Waals surface area contributed by atoms with Crippen molar-refractivity contribution in [1.82, 2.24) is 14.8 Å². The first-order valence-corrected chi connectivity index (χ1v) is 10.9. The number of pyridine rings is 1. The fourth-order valence-corrected chi connectivity index (χ4v) is 4.68. The van der Waals surface area contributed by atoms with Gasteiger partial charge in [0.2, 0.25) is 0 Å². The van der Waals surface area contributed by atoms with Gasteiger partial charge < -0.3 is 19.4 Å². The molecule has 4 rings (SSSR count). The predicted octanol–water partition coefficient (Wildman–Crippen LogP) is 2.54. The number of amides is 2. The van der Waals surface area contributed by atoms with E-state index in [1.807, 2.05) is 24.0 Å². The highest BCUT2D eigenvalue weighted by molar-refractivity contribution is 7.13. The molecule has 9 heteroatoms. The monoisotopic (exact) mass is 434 g/mol. The van der Waals surface area contributed by atoms with Gasteiger partial charge in [-0.2, -0.15) is 0 Å². The molecule has 2 fully saturated rings. The van der Waals surface area contributed by atoms with Crippen molar-refractivity contribution >= 4 is 40.6 Å². The molecule has 0 aromatic carbocycles. The fourth-order valence-electron chi connectivity index (χ4n) is 3.56. The van der Waals surface area contributed by atoms with Crippen molar-refractivity contribution in [1.29, 1.82) is 0 Å². The average Bonchev–Trinajstić information content (AvgIpc) is 3.20. The molecule has 0 saturated carbocycles. The Bertz CT molecular complexity index is 905. The van der Waals surface area contributed by atoms with Crippen molar-refractivity contribution in [2.75, 3.05) is 57.4 Å². The summed E-state index contributed by atoms with van der Waals surface area (Å²) in [5.74, 6) is 0.661. The third kappa shape index (κ3) is 4.39. The van der Waals surface area contributed by atoms with Crippen LogP contribution in [-0.2, 0) is 4.74 Å². The van der Waals surface area contributed by atoms with E-state index in [0.717, 1.165) is 9.75 Å². The molecule has 2 aromatic rings. The highest BCUT2D eigenvalue weighted by Crippen LogP contribution is 2.26. The van der Waals surface area contributed by atoms with Crippen molar-refractivity contribution in [3.8, 4) is 0 Å². The Morgan fingerprint density at radius 3 is 2.34 bits per heavy atom. The molecule has 154 valence electrons. The van der Waals surface area contributed by atoms with Gasteiger partial charge in [0.1, 0.15) is 5.82 Å². The molecular formula is C20H23ClN4O3S. The number of rotatable bonds is 3. The van der Waals surface area contributed by atoms with Crippen LogP contribution in [-0.4, -0.2) is 79.1 Å². The Labute approximate surface area is 178 Å². The SMILES string of the molecule is Cc1ccc(C(=O)N2CCN(c3ncc(C(=O)N4CCOCC4)cc3Cl)CC2)s1. The van der Waals surface area contributed by atoms with Gasteiger partial charge >= 0.3 is 0 Å². The van der Waals surface area contributed by atoms with Gasteiger partial charge in [0.05, 0.1) is 28.7 Å². The van der Waals surface area contributed by atoms with Crippen LogP contribution in [0.2, 0.25) is 5.02 Å². The number of carbonyl (C=O) groups is 2. The largest absolute Gasteiger partial charge is 0.378 e. The third-order valence-electron chi connectivity index (χ3n) is 5.18. The molecule has 0 unspecified atom stereocenters. The molecule has 0 spiro atoms. The van der Waals surface area contributed by atoms with E-state index in [1.165, 1.54) is 11.3 Å². The van der Waals surface area contributed by atoms with Gasteiger partial charge in [-0.3, -0.25) is 9.59 Å². The number of halogens is 1. The summed E-state index contributed by atoms with van der Waals surface area (Å²) < 4.78 is 5.29. The van der Waals surface area contributed by atoms with Crippen molar-refractivity contribution in [3.05, 3.63) is 44.7 Å². The second-order valence-corrected chi connectivity index (χ2v) is 8.82. The molecule has 0 bridgehead atoms. The van der Waals surface area contributed by atoms with Crippen LogP contribution in [0.25, 0.3) is 0 Å². The lowest BCUT2D eigenvalue weighted by Crippen LogP contribution is -2.49. The second kappa shape index (κ2) is 8.69. The van der Waals surface area contributed by atoms with Gasteiger partial charge in [-0.1, -0.05) is 11.6 Å². The maximum absolute atomic E-state index is 12.6. The highest BCUT2D eigenvalue weighted by atomic mass is 35.5. The van der Waals surface area contributed by atoms with E-state index in [1.54, 1.807) is 17.2 Å². The minimum absolute atomic E-state index is 0.0732. The number of morpholine rings is 1. The summed E-state index contributed by atoms with van der Waals surface area (Å²) in [4.78, 5) is 37.3. The van der Waals surface area contributed by atoms with E-state index in [4.69, 9.17) is 16.3 Å². The fraction of sp³-hybridized carbons (Fsp3) is 0.450. The summed E-state index contributed by atoms with van der Waals surface area (Å²) in [5, 5.41) is 0.456. The van der Waals surface area contributed by atoms with Crippen molar-refractivity contribution in [2.45, 2.75) is 6.92 Å². The van der Waals surface area contributed by atoms with Crippen LogP contribution in [0, 0.1) is 6.92 Å². The van der Waals surface area contributed by atoms with Crippen molar-refractivity contribution in [2.24, 2.45) is 0 Å². The van der Waals surface area contributed by atoms with Gasteiger partial charge in [0, 0.05) is 50.3 Å². The Hall–Kier alpha value is -2.16. The number of ether oxygens (including phenoxy) is 1. The summed E-state index contributed by atoms with van der Waals surface area (Å²) in [5.41, 5.74) is 0.488. The Kier molecular flexibility index (Phi) is 6.03. The molecule has 0 atom stereocenters. The van der Waals surface area contributed by atoms with Crippen molar-refractivity contribution < 1.29 is 14.3 Å². The Morgan fingerprint density at radius 1 is 1.03 bits per heavy atom. The van der Waals surface area contributed by atoms with Crippen LogP contribution in [0.5, 0.6) is 0 Å². The summed E-state index contributed by atoms with van der Waals surface area (Å²) in [6.45, 7) is 6.80. The van der Waals surface area contributed by atoms with E-state index in [9.17, 15) is 9.59 Å². The first-order chi connectivity index (χ1) is 14.0. The van der Waals surface area contributed by atoms with E-state index < -0.39 is 0 Å². The molecule has 0 radical (unpaired) electrons. The number of hydrogen-bond acceptors (Lipinski definition) is 6. The van der Waals surface area contributed by atoms with Crippen LogP contribution >= 0.6 is 22.9 Å². The molecule has 7 nitrogen and oxygen atoms in total. The lowest BCUT2D eigenvalue weighted by Gasteiger charge is -2.35. The first kappa shape index (κ1) is 20.1. The number of carbonyl (C=O) groups excluding carboxylic acids is 2. The zero-order valence-corrected chi connectivity index (χ0v) is 17.8. The third-order valence-corrected chi connectivity index (χ3v) is 6.45. The van der Waals surface area contributed by atoms with E-state index in [0.29, 0.717) is 68.9 Å². The van der Waals surface area contributed by atoms with Crippen LogP contribution in [0.4, 0.5) is 5.82 Å². The number of thiophene rings is 1. The van der Waals surface area contributed by atoms with Crippen LogP contribution in [0.1, 0.15) is 24.9 Å². The molecule has 2 amide bonds. The quantitative estimate of drug-likeness (QED) is 0.742. The van der Waals surface area contributed by atoms with Gasteiger partial charge in [-0.05, 0) is 25.1 Å². The second-order valence-electron chi connectivity index (χ2n) is 7.12. The molecule has 0 aliphatic carbocycles. The lowest BCUT2D eigenvalue weighted by molar-refractivity contribution is 0.0302. The summed E-state index contributed by atoms with van der Waals surface area (Å²) in [7, 11) is 0. The zero-order chi connectivity index (χ0) is 20.4. The number of nitrogens with zero attached hydrogens (tertiary/aromatic N) is 4. The minimum Gasteiger partial charge on any atom is -0.378 e. The van der Waals surface area contributed by atoms with E-state index in [2.05, 4.69) is 9.88 Å². The molecule has 2 saturated heterocycles. The number of aromatic nitrogens is 1. The van der Waals surface area contributed by atoms with E-state index in [-0.39, 0.29) is 11.8 Å². The molecular weight excluding hydrogens is 412 g/mol. The number of aryl methyl sites for hydroxylation is 1. The summed E-state index contributed by atoms with van der Waals surface area (Å²) in [6, 6.07) is 5.54. The molecule has 2 aromatic heterocycles. The van der Waals surface area contributed by atoms with Crippen LogP contribution < -0.4 is 4.90 Å². The first-order valence-electron chi connectivity index (χ1n) is 9.66. The number of anilines is 1. The molecule has 4 heterocycles. The Balaban J connectivity index is 1.39. The van der Waals surface area contributed by atoms with Crippen LogP contribution in [0.15, 0.2) is 24.4 Å².